The fourth-order valence-electron chi connectivity index (χ4n) is 3.23. The topological polar surface area (TPSA) is 34.9 Å². The van der Waals surface area contributed by atoms with Crippen molar-refractivity contribution in [2.45, 2.75) is 33.0 Å². The van der Waals surface area contributed by atoms with Gasteiger partial charge in [-0.25, -0.2) is 4.98 Å². The predicted octanol–water partition coefficient (Wildman–Crippen LogP) is 5.04. The van der Waals surface area contributed by atoms with Gasteiger partial charge >= 0.3 is 6.18 Å². The fraction of sp³-hybridized carbons (Fsp3) is 0.263. The standard InChI is InChI=1S/C19H15F3N2OS/c1-10-11(2)26-17-15(10)18(25)24-8-7-13(16(24)23-17)9-12-3-5-14(6-4-12)19(20,21)22/h3-6,9H,7-8H2,1-2H3. The van der Waals surface area contributed by atoms with E-state index >= 15 is 0 Å². The Morgan fingerprint density at radius 1 is 1.19 bits per heavy atom. The minimum atomic E-state index is -4.35. The molecule has 0 atom stereocenters. The summed E-state index contributed by atoms with van der Waals surface area (Å²) in [6.07, 6.45) is -1.90. The number of rotatable bonds is 1. The number of allylic oxidation sites excluding steroid dienone is 1. The van der Waals surface area contributed by atoms with Crippen LogP contribution in [0.15, 0.2) is 29.1 Å². The molecule has 0 bridgehead atoms. The summed E-state index contributed by atoms with van der Waals surface area (Å²) in [5.74, 6) is 0.614. The Hall–Kier alpha value is -2.41. The van der Waals surface area contributed by atoms with Crippen LogP contribution in [0, 0.1) is 13.8 Å². The second-order valence-corrected chi connectivity index (χ2v) is 7.60. The van der Waals surface area contributed by atoms with Gasteiger partial charge in [-0.2, -0.15) is 13.2 Å². The Morgan fingerprint density at radius 3 is 2.54 bits per heavy atom. The molecule has 0 radical (unpaired) electrons. The maximum atomic E-state index is 12.8. The third-order valence-electron chi connectivity index (χ3n) is 4.76. The highest BCUT2D eigenvalue weighted by Gasteiger charge is 2.30. The molecule has 0 amide bonds. The zero-order valence-corrected chi connectivity index (χ0v) is 15.0. The molecule has 0 aliphatic carbocycles. The molecule has 1 aromatic carbocycles. The van der Waals surface area contributed by atoms with E-state index in [4.69, 9.17) is 0 Å². The first-order valence-electron chi connectivity index (χ1n) is 8.14. The van der Waals surface area contributed by atoms with Crippen molar-refractivity contribution < 1.29 is 13.2 Å². The molecule has 3 aromatic rings. The van der Waals surface area contributed by atoms with Crippen molar-refractivity contribution in [1.29, 1.82) is 0 Å². The summed E-state index contributed by atoms with van der Waals surface area (Å²) in [6.45, 7) is 4.44. The number of halogens is 3. The molecule has 0 fully saturated rings. The maximum Gasteiger partial charge on any atom is 0.416 e. The number of aryl methyl sites for hydroxylation is 2. The van der Waals surface area contributed by atoms with Gasteiger partial charge in [-0.05, 0) is 55.2 Å². The Balaban J connectivity index is 1.79. The summed E-state index contributed by atoms with van der Waals surface area (Å²) in [7, 11) is 0. The number of hydrogen-bond donors (Lipinski definition) is 0. The van der Waals surface area contributed by atoms with E-state index in [9.17, 15) is 18.0 Å². The third-order valence-corrected chi connectivity index (χ3v) is 5.86. The zero-order chi connectivity index (χ0) is 18.6. The third kappa shape index (κ3) is 2.67. The van der Waals surface area contributed by atoms with Crippen LogP contribution < -0.4 is 5.56 Å². The van der Waals surface area contributed by atoms with Crippen LogP contribution in [0.1, 0.15) is 33.8 Å². The first-order chi connectivity index (χ1) is 12.3. The SMILES string of the molecule is Cc1sc2nc3n(c(=O)c2c1C)CCC3=Cc1ccc(C(F)(F)F)cc1. The van der Waals surface area contributed by atoms with Crippen LogP contribution >= 0.6 is 11.3 Å². The number of nitrogens with zero attached hydrogens (tertiary/aromatic N) is 2. The Morgan fingerprint density at radius 2 is 1.88 bits per heavy atom. The van der Waals surface area contributed by atoms with Crippen molar-refractivity contribution in [2.24, 2.45) is 0 Å². The van der Waals surface area contributed by atoms with Crippen LogP contribution in [-0.2, 0) is 12.7 Å². The Bertz CT molecular complexity index is 1100. The molecule has 0 saturated heterocycles. The monoisotopic (exact) mass is 376 g/mol. The number of thiophene rings is 1. The van der Waals surface area contributed by atoms with Crippen LogP contribution in [0.3, 0.4) is 0 Å². The van der Waals surface area contributed by atoms with E-state index in [1.165, 1.54) is 23.5 Å². The van der Waals surface area contributed by atoms with Crippen LogP contribution in [0.5, 0.6) is 0 Å². The molecule has 0 saturated carbocycles. The highest BCUT2D eigenvalue weighted by atomic mass is 32.1. The highest BCUT2D eigenvalue weighted by Crippen LogP contribution is 2.33. The number of alkyl halides is 3. The van der Waals surface area contributed by atoms with Gasteiger partial charge in [0.2, 0.25) is 0 Å². The number of hydrogen-bond acceptors (Lipinski definition) is 3. The lowest BCUT2D eigenvalue weighted by atomic mass is 10.1. The number of benzene rings is 1. The van der Waals surface area contributed by atoms with Gasteiger partial charge in [0.1, 0.15) is 10.7 Å². The molecule has 26 heavy (non-hydrogen) atoms. The average molecular weight is 376 g/mol. The van der Waals surface area contributed by atoms with Gasteiger partial charge in [0.05, 0.1) is 10.9 Å². The van der Waals surface area contributed by atoms with Crippen molar-refractivity contribution in [3.63, 3.8) is 0 Å². The van der Waals surface area contributed by atoms with E-state index in [2.05, 4.69) is 4.98 Å². The van der Waals surface area contributed by atoms with E-state index in [1.807, 2.05) is 19.9 Å². The van der Waals surface area contributed by atoms with E-state index in [0.29, 0.717) is 29.7 Å². The van der Waals surface area contributed by atoms with Crippen molar-refractivity contribution in [3.8, 4) is 0 Å². The average Bonchev–Trinajstić information content (AvgIpc) is 3.10. The molecule has 3 nitrogen and oxygen atoms in total. The van der Waals surface area contributed by atoms with Crippen LogP contribution in [0.4, 0.5) is 13.2 Å². The molecular formula is C19H15F3N2OS. The van der Waals surface area contributed by atoms with Crippen molar-refractivity contribution in [1.82, 2.24) is 9.55 Å². The number of aromatic nitrogens is 2. The maximum absolute atomic E-state index is 12.8. The lowest BCUT2D eigenvalue weighted by Crippen LogP contribution is -2.20. The minimum absolute atomic E-state index is 0.0392. The van der Waals surface area contributed by atoms with Gasteiger partial charge in [0.15, 0.2) is 0 Å². The molecular weight excluding hydrogens is 361 g/mol. The summed E-state index contributed by atoms with van der Waals surface area (Å²) in [6, 6.07) is 5.01. The molecule has 2 aromatic heterocycles. The van der Waals surface area contributed by atoms with E-state index in [-0.39, 0.29) is 5.56 Å². The summed E-state index contributed by atoms with van der Waals surface area (Å²) in [5.41, 5.74) is 1.79. The van der Waals surface area contributed by atoms with Gasteiger partial charge in [0, 0.05) is 11.4 Å². The molecule has 0 spiro atoms. The summed E-state index contributed by atoms with van der Waals surface area (Å²) >= 11 is 1.50. The lowest BCUT2D eigenvalue weighted by Gasteiger charge is -2.06. The zero-order valence-electron chi connectivity index (χ0n) is 14.1. The normalized spacial score (nSPS) is 15.8. The molecule has 7 heteroatoms. The smallest absolute Gasteiger partial charge is 0.292 e. The van der Waals surface area contributed by atoms with Gasteiger partial charge in [-0.3, -0.25) is 9.36 Å². The van der Waals surface area contributed by atoms with Crippen molar-refractivity contribution in [2.75, 3.05) is 0 Å². The highest BCUT2D eigenvalue weighted by molar-refractivity contribution is 7.18. The van der Waals surface area contributed by atoms with E-state index in [0.717, 1.165) is 33.0 Å². The predicted molar refractivity (Wildman–Crippen MR) is 97.3 cm³/mol. The second-order valence-electron chi connectivity index (χ2n) is 6.39. The van der Waals surface area contributed by atoms with Crippen LogP contribution in [-0.4, -0.2) is 9.55 Å². The summed E-state index contributed by atoms with van der Waals surface area (Å²) < 4.78 is 39.7. The number of fused-ring (bicyclic) bond motifs is 2. The van der Waals surface area contributed by atoms with E-state index in [1.54, 1.807) is 4.57 Å². The first kappa shape index (κ1) is 17.0. The molecule has 4 rings (SSSR count). The first-order valence-corrected chi connectivity index (χ1v) is 8.96. The largest absolute Gasteiger partial charge is 0.416 e. The van der Waals surface area contributed by atoms with Gasteiger partial charge in [-0.15, -0.1) is 11.3 Å². The second kappa shape index (κ2) is 5.81. The quantitative estimate of drug-likeness (QED) is 0.596. The van der Waals surface area contributed by atoms with Crippen molar-refractivity contribution in [3.05, 3.63) is 62.0 Å². The lowest BCUT2D eigenvalue weighted by molar-refractivity contribution is -0.137. The van der Waals surface area contributed by atoms with Gasteiger partial charge in [0.25, 0.3) is 5.56 Å². The van der Waals surface area contributed by atoms with Crippen molar-refractivity contribution >= 4 is 33.2 Å². The minimum Gasteiger partial charge on any atom is -0.292 e. The molecule has 1 aliphatic rings. The van der Waals surface area contributed by atoms with Gasteiger partial charge < -0.3 is 0 Å². The van der Waals surface area contributed by atoms with Gasteiger partial charge in [-0.1, -0.05) is 12.1 Å². The molecule has 0 unspecified atom stereocenters. The molecule has 134 valence electrons. The molecule has 3 heterocycles. The van der Waals surface area contributed by atoms with E-state index < -0.39 is 11.7 Å². The Labute approximate surface area is 151 Å². The molecule has 1 aliphatic heterocycles. The Kier molecular flexibility index (Phi) is 3.80. The molecule has 0 N–H and O–H groups in total. The van der Waals surface area contributed by atoms with Crippen LogP contribution in [0.25, 0.3) is 21.9 Å². The summed E-state index contributed by atoms with van der Waals surface area (Å²) in [5, 5.41) is 0.673. The summed E-state index contributed by atoms with van der Waals surface area (Å²) in [4.78, 5) is 19.2. The fourth-order valence-corrected chi connectivity index (χ4v) is 4.25. The van der Waals surface area contributed by atoms with Crippen LogP contribution in [0.2, 0.25) is 0 Å².